The average Bonchev–Trinajstić information content (AvgIpc) is 2.01. The van der Waals surface area contributed by atoms with Gasteiger partial charge in [-0.25, -0.2) is 13.1 Å². The molecule has 0 aromatic carbocycles. The predicted molar refractivity (Wildman–Crippen MR) is 57.4 cm³/mol. The summed E-state index contributed by atoms with van der Waals surface area (Å²) in [6.07, 6.45) is 5.04. The fraction of sp³-hybridized carbons (Fsp3) is 1.00. The number of nitrogens with two attached hydrogens (primary N) is 1. The molecule has 0 aromatic heterocycles. The number of hydrogen-bond acceptors (Lipinski definition) is 3. The maximum atomic E-state index is 11.4. The molecule has 0 aromatic rings. The lowest BCUT2D eigenvalue weighted by Crippen LogP contribution is -2.33. The van der Waals surface area contributed by atoms with Crippen LogP contribution in [0.25, 0.3) is 0 Å². The van der Waals surface area contributed by atoms with Crippen molar-refractivity contribution in [1.29, 1.82) is 0 Å². The molecule has 1 aliphatic carbocycles. The molecule has 1 fully saturated rings. The van der Waals surface area contributed by atoms with E-state index in [-0.39, 0.29) is 5.75 Å². The average molecular weight is 220 g/mol. The van der Waals surface area contributed by atoms with E-state index in [0.717, 1.165) is 6.42 Å². The summed E-state index contributed by atoms with van der Waals surface area (Å²) in [4.78, 5) is 0. The van der Waals surface area contributed by atoms with Crippen molar-refractivity contribution >= 4 is 10.0 Å². The maximum absolute atomic E-state index is 11.4. The second-order valence-electron chi connectivity index (χ2n) is 3.96. The Balaban J connectivity index is 2.12. The third kappa shape index (κ3) is 4.39. The highest BCUT2D eigenvalue weighted by Gasteiger charge is 2.19. The molecule has 0 heterocycles. The Morgan fingerprint density at radius 1 is 1.29 bits per heavy atom. The van der Waals surface area contributed by atoms with Crippen molar-refractivity contribution in [2.45, 2.75) is 32.1 Å². The zero-order valence-corrected chi connectivity index (χ0v) is 9.35. The first-order valence-electron chi connectivity index (χ1n) is 5.31. The number of nitrogens with one attached hydrogen (secondary N) is 1. The van der Waals surface area contributed by atoms with Crippen LogP contribution in [-0.2, 0) is 10.0 Å². The molecule has 14 heavy (non-hydrogen) atoms. The highest BCUT2D eigenvalue weighted by molar-refractivity contribution is 7.89. The SMILES string of the molecule is NCCCCS(=O)(=O)NCC1CCC1. The van der Waals surface area contributed by atoms with E-state index >= 15 is 0 Å². The van der Waals surface area contributed by atoms with Crippen molar-refractivity contribution in [2.75, 3.05) is 18.8 Å². The minimum Gasteiger partial charge on any atom is -0.330 e. The van der Waals surface area contributed by atoms with E-state index in [4.69, 9.17) is 5.73 Å². The molecule has 0 saturated heterocycles. The van der Waals surface area contributed by atoms with Crippen LogP contribution < -0.4 is 10.5 Å². The molecule has 0 unspecified atom stereocenters. The van der Waals surface area contributed by atoms with Gasteiger partial charge < -0.3 is 5.73 Å². The third-order valence-corrected chi connectivity index (χ3v) is 4.12. The quantitative estimate of drug-likeness (QED) is 0.612. The molecule has 5 heteroatoms. The molecule has 0 bridgehead atoms. The van der Waals surface area contributed by atoms with E-state index in [2.05, 4.69) is 4.72 Å². The summed E-state index contributed by atoms with van der Waals surface area (Å²) < 4.78 is 25.4. The molecular formula is C9H20N2O2S. The first-order valence-corrected chi connectivity index (χ1v) is 6.96. The van der Waals surface area contributed by atoms with Crippen LogP contribution in [-0.4, -0.2) is 27.3 Å². The highest BCUT2D eigenvalue weighted by atomic mass is 32.2. The molecule has 0 amide bonds. The molecule has 1 aliphatic rings. The van der Waals surface area contributed by atoms with E-state index in [1.807, 2.05) is 0 Å². The van der Waals surface area contributed by atoms with E-state index in [1.54, 1.807) is 0 Å². The second-order valence-corrected chi connectivity index (χ2v) is 5.89. The Kier molecular flexibility index (Phi) is 4.84. The van der Waals surface area contributed by atoms with Crippen LogP contribution >= 0.6 is 0 Å². The van der Waals surface area contributed by atoms with Gasteiger partial charge in [-0.3, -0.25) is 0 Å². The molecule has 0 aliphatic heterocycles. The topological polar surface area (TPSA) is 72.2 Å². The van der Waals surface area contributed by atoms with Gasteiger partial charge in [-0.15, -0.1) is 0 Å². The summed E-state index contributed by atoms with van der Waals surface area (Å²) in [7, 11) is -3.03. The van der Waals surface area contributed by atoms with Crippen molar-refractivity contribution in [1.82, 2.24) is 4.72 Å². The molecule has 0 radical (unpaired) electrons. The van der Waals surface area contributed by atoms with Crippen molar-refractivity contribution in [2.24, 2.45) is 11.7 Å². The lowest BCUT2D eigenvalue weighted by atomic mass is 9.86. The Morgan fingerprint density at radius 2 is 2.00 bits per heavy atom. The van der Waals surface area contributed by atoms with Gasteiger partial charge >= 0.3 is 0 Å². The van der Waals surface area contributed by atoms with Crippen LogP contribution in [0.4, 0.5) is 0 Å². The lowest BCUT2D eigenvalue weighted by molar-refractivity contribution is 0.316. The van der Waals surface area contributed by atoms with Gasteiger partial charge in [0.2, 0.25) is 10.0 Å². The van der Waals surface area contributed by atoms with E-state index in [0.29, 0.717) is 25.4 Å². The fourth-order valence-electron chi connectivity index (χ4n) is 1.45. The molecule has 0 spiro atoms. The Labute approximate surface area is 86.3 Å². The van der Waals surface area contributed by atoms with Crippen LogP contribution in [0.5, 0.6) is 0 Å². The van der Waals surface area contributed by atoms with E-state index in [1.165, 1.54) is 19.3 Å². The van der Waals surface area contributed by atoms with Gasteiger partial charge in [0.1, 0.15) is 0 Å². The first-order chi connectivity index (χ1) is 6.64. The molecular weight excluding hydrogens is 200 g/mol. The normalized spacial score (nSPS) is 18.1. The number of rotatable bonds is 7. The van der Waals surface area contributed by atoms with Crippen LogP contribution in [0.2, 0.25) is 0 Å². The standard InChI is InChI=1S/C9H20N2O2S/c10-6-1-2-7-14(12,13)11-8-9-4-3-5-9/h9,11H,1-8,10H2. The maximum Gasteiger partial charge on any atom is 0.211 e. The van der Waals surface area contributed by atoms with Crippen molar-refractivity contribution in [3.05, 3.63) is 0 Å². The largest absolute Gasteiger partial charge is 0.330 e. The first kappa shape index (κ1) is 11.9. The second kappa shape index (κ2) is 5.68. The molecule has 84 valence electrons. The molecule has 3 N–H and O–H groups in total. The van der Waals surface area contributed by atoms with Gasteiger partial charge in [0, 0.05) is 6.54 Å². The van der Waals surface area contributed by atoms with Gasteiger partial charge in [-0.05, 0) is 38.1 Å². The van der Waals surface area contributed by atoms with Crippen LogP contribution in [0.15, 0.2) is 0 Å². The summed E-state index contributed by atoms with van der Waals surface area (Å²) >= 11 is 0. The number of unbranched alkanes of at least 4 members (excludes halogenated alkanes) is 1. The van der Waals surface area contributed by atoms with E-state index < -0.39 is 10.0 Å². The van der Waals surface area contributed by atoms with Crippen LogP contribution in [0.1, 0.15) is 32.1 Å². The molecule has 4 nitrogen and oxygen atoms in total. The zero-order chi connectivity index (χ0) is 10.4. The summed E-state index contributed by atoms with van der Waals surface area (Å²) in [6.45, 7) is 1.20. The minimum absolute atomic E-state index is 0.219. The monoisotopic (exact) mass is 220 g/mol. The lowest BCUT2D eigenvalue weighted by Gasteiger charge is -2.25. The van der Waals surface area contributed by atoms with Crippen LogP contribution in [0, 0.1) is 5.92 Å². The number of sulfonamides is 1. The Hall–Kier alpha value is -0.130. The fourth-order valence-corrected chi connectivity index (χ4v) is 2.67. The van der Waals surface area contributed by atoms with Crippen molar-refractivity contribution < 1.29 is 8.42 Å². The molecule has 1 rings (SSSR count). The van der Waals surface area contributed by atoms with Crippen LogP contribution in [0.3, 0.4) is 0 Å². The summed E-state index contributed by atoms with van der Waals surface area (Å²) in [5, 5.41) is 0. The van der Waals surface area contributed by atoms with E-state index in [9.17, 15) is 8.42 Å². The predicted octanol–water partition coefficient (Wildman–Crippen LogP) is 0.445. The third-order valence-electron chi connectivity index (χ3n) is 2.68. The van der Waals surface area contributed by atoms with Gasteiger partial charge in [-0.1, -0.05) is 6.42 Å². The van der Waals surface area contributed by atoms with Crippen molar-refractivity contribution in [3.63, 3.8) is 0 Å². The Morgan fingerprint density at radius 3 is 2.50 bits per heavy atom. The van der Waals surface area contributed by atoms with Gasteiger partial charge in [0.25, 0.3) is 0 Å². The summed E-state index contributed by atoms with van der Waals surface area (Å²) in [6, 6.07) is 0. The summed E-state index contributed by atoms with van der Waals surface area (Å²) in [5.74, 6) is 0.802. The minimum atomic E-state index is -3.03. The molecule has 1 saturated carbocycles. The number of hydrogen-bond donors (Lipinski definition) is 2. The zero-order valence-electron chi connectivity index (χ0n) is 8.54. The smallest absolute Gasteiger partial charge is 0.211 e. The van der Waals surface area contributed by atoms with Gasteiger partial charge in [0.05, 0.1) is 5.75 Å². The highest BCUT2D eigenvalue weighted by Crippen LogP contribution is 2.25. The van der Waals surface area contributed by atoms with Crippen molar-refractivity contribution in [3.8, 4) is 0 Å². The molecule has 0 atom stereocenters. The summed E-state index contributed by atoms with van der Waals surface area (Å²) in [5.41, 5.74) is 5.30. The van der Waals surface area contributed by atoms with Gasteiger partial charge in [0.15, 0.2) is 0 Å². The Bertz CT molecular complexity index is 248. The van der Waals surface area contributed by atoms with Gasteiger partial charge in [-0.2, -0.15) is 0 Å².